The largest absolute Gasteiger partial charge is 0.476 e. The van der Waals surface area contributed by atoms with E-state index in [1.807, 2.05) is 19.1 Å². The highest BCUT2D eigenvalue weighted by Gasteiger charge is 2.18. The minimum absolute atomic E-state index is 0.0598. The van der Waals surface area contributed by atoms with E-state index in [-0.39, 0.29) is 11.2 Å². The van der Waals surface area contributed by atoms with E-state index in [1.54, 1.807) is 6.07 Å². The first kappa shape index (κ1) is 16.5. The van der Waals surface area contributed by atoms with E-state index < -0.39 is 28.8 Å². The van der Waals surface area contributed by atoms with E-state index in [2.05, 4.69) is 37.9 Å². The summed E-state index contributed by atoms with van der Waals surface area (Å²) in [5.41, 5.74) is 0.593. The molecule has 1 aromatic heterocycles. The van der Waals surface area contributed by atoms with Crippen molar-refractivity contribution in [1.82, 2.24) is 9.97 Å². The fourth-order valence-electron chi connectivity index (χ4n) is 2.19. The van der Waals surface area contributed by atoms with Crippen LogP contribution in [0, 0.1) is 22.1 Å². The summed E-state index contributed by atoms with van der Waals surface area (Å²) in [6.07, 6.45) is 1.00. The van der Waals surface area contributed by atoms with E-state index in [0.717, 1.165) is 15.3 Å². The summed E-state index contributed by atoms with van der Waals surface area (Å²) < 4.78 is 29.6. The van der Waals surface area contributed by atoms with Gasteiger partial charge in [0.15, 0.2) is 17.3 Å². The summed E-state index contributed by atoms with van der Waals surface area (Å²) in [4.78, 5) is 18.3. The number of benzene rings is 2. The van der Waals surface area contributed by atoms with E-state index >= 15 is 0 Å². The van der Waals surface area contributed by atoms with Crippen LogP contribution >= 0.6 is 22.6 Å². The Morgan fingerprint density at radius 3 is 2.62 bits per heavy atom. The number of aromatic nitrogens is 2. The van der Waals surface area contributed by atoms with Crippen LogP contribution in [-0.4, -0.2) is 21.0 Å². The molecule has 2 N–H and O–H groups in total. The number of fused-ring (bicyclic) bond motifs is 1. The average Bonchev–Trinajstić information content (AvgIpc) is 2.54. The smallest absolute Gasteiger partial charge is 0.356 e. The number of aromatic carboxylic acids is 1. The Bertz CT molecular complexity index is 979. The number of nitrogens with one attached hydrogen (secondary N) is 1. The molecule has 0 spiro atoms. The van der Waals surface area contributed by atoms with Gasteiger partial charge in [0.1, 0.15) is 5.52 Å². The molecule has 0 aliphatic carbocycles. The second-order valence-electron chi connectivity index (χ2n) is 5.06. The minimum atomic E-state index is -1.36. The van der Waals surface area contributed by atoms with Gasteiger partial charge < -0.3 is 10.4 Å². The third kappa shape index (κ3) is 3.01. The van der Waals surface area contributed by atoms with Crippen molar-refractivity contribution in [3.05, 3.63) is 56.9 Å². The fraction of sp³-hybridized carbons (Fsp3) is 0.0625. The summed E-state index contributed by atoms with van der Waals surface area (Å²) in [6, 6.07) is 6.79. The average molecular weight is 441 g/mol. The molecular weight excluding hydrogens is 431 g/mol. The van der Waals surface area contributed by atoms with Gasteiger partial charge in [0.2, 0.25) is 0 Å². The molecule has 0 saturated heterocycles. The van der Waals surface area contributed by atoms with E-state index in [1.165, 1.54) is 6.07 Å². The van der Waals surface area contributed by atoms with Crippen molar-refractivity contribution >= 4 is 51.0 Å². The molecule has 2 aromatic carbocycles. The molecule has 0 fully saturated rings. The van der Waals surface area contributed by atoms with Crippen LogP contribution in [0.5, 0.6) is 0 Å². The Labute approximate surface area is 148 Å². The first-order valence-electron chi connectivity index (χ1n) is 6.78. The Hall–Kier alpha value is -2.36. The van der Waals surface area contributed by atoms with Crippen LogP contribution in [0.3, 0.4) is 0 Å². The second kappa shape index (κ2) is 6.27. The lowest BCUT2D eigenvalue weighted by Gasteiger charge is -2.12. The molecule has 24 heavy (non-hydrogen) atoms. The predicted octanol–water partition coefficient (Wildman–Crippen LogP) is 4.26. The van der Waals surface area contributed by atoms with Crippen LogP contribution in [0.4, 0.5) is 20.2 Å². The fourth-order valence-corrected chi connectivity index (χ4v) is 2.84. The van der Waals surface area contributed by atoms with Crippen molar-refractivity contribution in [1.29, 1.82) is 0 Å². The lowest BCUT2D eigenvalue weighted by Crippen LogP contribution is -2.05. The third-order valence-corrected chi connectivity index (χ3v) is 4.07. The zero-order valence-corrected chi connectivity index (χ0v) is 14.4. The highest BCUT2D eigenvalue weighted by atomic mass is 127. The minimum Gasteiger partial charge on any atom is -0.476 e. The van der Waals surface area contributed by atoms with E-state index in [4.69, 9.17) is 5.11 Å². The molecule has 0 amide bonds. The van der Waals surface area contributed by atoms with Crippen molar-refractivity contribution in [2.24, 2.45) is 0 Å². The van der Waals surface area contributed by atoms with Gasteiger partial charge in [0.25, 0.3) is 0 Å². The lowest BCUT2D eigenvalue weighted by molar-refractivity contribution is 0.0690. The number of carboxylic acids is 1. The van der Waals surface area contributed by atoms with Crippen LogP contribution in [0.1, 0.15) is 16.1 Å². The number of nitrogens with zero attached hydrogens (tertiary/aromatic N) is 2. The number of hydrogen-bond donors (Lipinski definition) is 2. The number of hydrogen-bond acceptors (Lipinski definition) is 4. The monoisotopic (exact) mass is 441 g/mol. The maximum atomic E-state index is 14.3. The zero-order chi connectivity index (χ0) is 17.4. The van der Waals surface area contributed by atoms with Gasteiger partial charge in [-0.2, -0.15) is 0 Å². The number of carbonyl (C=O) groups is 1. The highest BCUT2D eigenvalue weighted by molar-refractivity contribution is 14.1. The summed E-state index contributed by atoms with van der Waals surface area (Å²) in [7, 11) is 0. The molecule has 3 rings (SSSR count). The number of anilines is 2. The normalized spacial score (nSPS) is 10.8. The molecule has 0 saturated carbocycles. The number of rotatable bonds is 3. The van der Waals surface area contributed by atoms with Gasteiger partial charge in [-0.15, -0.1) is 0 Å². The third-order valence-electron chi connectivity index (χ3n) is 3.40. The SMILES string of the molecule is Cc1cc(I)ccc1Nc1cc2ncc(C(=O)O)nc2c(F)c1F. The molecule has 0 aliphatic heterocycles. The molecule has 0 aliphatic rings. The number of halogens is 3. The molecule has 0 bridgehead atoms. The zero-order valence-electron chi connectivity index (χ0n) is 12.3. The van der Waals surface area contributed by atoms with Crippen molar-refractivity contribution in [2.45, 2.75) is 6.92 Å². The van der Waals surface area contributed by atoms with Crippen LogP contribution in [0.25, 0.3) is 11.0 Å². The quantitative estimate of drug-likeness (QED) is 0.595. The lowest BCUT2D eigenvalue weighted by atomic mass is 10.1. The molecule has 0 atom stereocenters. The predicted molar refractivity (Wildman–Crippen MR) is 93.6 cm³/mol. The Morgan fingerprint density at radius 1 is 1.21 bits per heavy atom. The van der Waals surface area contributed by atoms with Gasteiger partial charge >= 0.3 is 5.97 Å². The molecule has 3 aromatic rings. The summed E-state index contributed by atoms with van der Waals surface area (Å²) in [6.45, 7) is 1.85. The van der Waals surface area contributed by atoms with Crippen LogP contribution in [0.15, 0.2) is 30.5 Å². The van der Waals surface area contributed by atoms with Gasteiger partial charge in [-0.1, -0.05) is 0 Å². The van der Waals surface area contributed by atoms with Gasteiger partial charge in [0, 0.05) is 9.26 Å². The van der Waals surface area contributed by atoms with Crippen molar-refractivity contribution in [3.63, 3.8) is 0 Å². The Morgan fingerprint density at radius 2 is 1.96 bits per heavy atom. The molecule has 8 heteroatoms. The Kier molecular flexibility index (Phi) is 4.31. The summed E-state index contributed by atoms with van der Waals surface area (Å²) >= 11 is 2.16. The Balaban J connectivity index is 2.10. The molecule has 5 nitrogen and oxygen atoms in total. The van der Waals surface area contributed by atoms with Gasteiger partial charge in [0.05, 0.1) is 17.4 Å². The van der Waals surface area contributed by atoms with E-state index in [9.17, 15) is 13.6 Å². The van der Waals surface area contributed by atoms with E-state index in [0.29, 0.717) is 5.69 Å². The van der Waals surface area contributed by atoms with Crippen LogP contribution in [-0.2, 0) is 0 Å². The molecule has 1 heterocycles. The summed E-state index contributed by atoms with van der Waals surface area (Å²) in [5.74, 6) is -3.74. The molecule has 122 valence electrons. The van der Waals surface area contributed by atoms with Gasteiger partial charge in [-0.05, 0) is 59.3 Å². The van der Waals surface area contributed by atoms with Gasteiger partial charge in [-0.3, -0.25) is 4.98 Å². The maximum absolute atomic E-state index is 14.3. The molecule has 0 radical (unpaired) electrons. The van der Waals surface area contributed by atoms with Crippen molar-refractivity contribution < 1.29 is 18.7 Å². The maximum Gasteiger partial charge on any atom is 0.356 e. The van der Waals surface area contributed by atoms with Crippen molar-refractivity contribution in [2.75, 3.05) is 5.32 Å². The first-order chi connectivity index (χ1) is 11.4. The van der Waals surface area contributed by atoms with Crippen LogP contribution < -0.4 is 5.32 Å². The number of carboxylic acid groups (broad SMARTS) is 1. The molecule has 0 unspecified atom stereocenters. The van der Waals surface area contributed by atoms with Crippen molar-refractivity contribution in [3.8, 4) is 0 Å². The van der Waals surface area contributed by atoms with Crippen LogP contribution in [0.2, 0.25) is 0 Å². The topological polar surface area (TPSA) is 75.1 Å². The highest BCUT2D eigenvalue weighted by Crippen LogP contribution is 2.29. The first-order valence-corrected chi connectivity index (χ1v) is 7.86. The summed E-state index contributed by atoms with van der Waals surface area (Å²) in [5, 5.41) is 11.7. The molecular formula is C16H10F2IN3O2. The number of aryl methyl sites for hydroxylation is 1. The van der Waals surface area contributed by atoms with Gasteiger partial charge in [-0.25, -0.2) is 18.6 Å². The second-order valence-corrected chi connectivity index (χ2v) is 6.31. The standard InChI is InChI=1S/C16H10F2IN3O2/c1-7-4-8(19)2-3-9(7)21-10-5-11-15(14(18)13(10)17)22-12(6-20-11)16(23)24/h2-6,21H,1H3,(H,23,24).